The highest BCUT2D eigenvalue weighted by Gasteiger charge is 2.22. The summed E-state index contributed by atoms with van der Waals surface area (Å²) >= 11 is 0. The maximum atomic E-state index is 12.0. The number of rotatable bonds is 9. The lowest BCUT2D eigenvalue weighted by Crippen LogP contribution is -2.29. The molecule has 0 aliphatic carbocycles. The minimum Gasteiger partial charge on any atom is -0.368 e. The smallest absolute Gasteiger partial charge is 0.294 e. The zero-order chi connectivity index (χ0) is 28.4. The van der Waals surface area contributed by atoms with Crippen LogP contribution < -0.4 is 10.2 Å². The van der Waals surface area contributed by atoms with Crippen molar-refractivity contribution in [2.24, 2.45) is 7.05 Å². The Morgan fingerprint density at radius 2 is 1.70 bits per heavy atom. The molecule has 0 spiro atoms. The van der Waals surface area contributed by atoms with Crippen LogP contribution >= 0.6 is 0 Å². The normalized spacial score (nSPS) is 11.2. The molecule has 0 bridgehead atoms. The predicted molar refractivity (Wildman–Crippen MR) is 160 cm³/mol. The van der Waals surface area contributed by atoms with Gasteiger partial charge in [-0.3, -0.25) is 10.1 Å². The third-order valence-electron chi connectivity index (χ3n) is 7.01. The highest BCUT2D eigenvalue weighted by Crippen LogP contribution is 2.39. The molecule has 5 rings (SSSR count). The maximum Gasteiger partial charge on any atom is 0.294 e. The number of aromatic nitrogens is 4. The fraction of sp³-hybridized carbons (Fsp3) is 0.233. The number of hydrogen-bond donors (Lipinski definition) is 1. The van der Waals surface area contributed by atoms with Crippen LogP contribution in [0.5, 0.6) is 0 Å². The van der Waals surface area contributed by atoms with Gasteiger partial charge in [-0.1, -0.05) is 48.5 Å². The number of para-hydroxylation sites is 1. The average molecular weight is 537 g/mol. The molecule has 0 radical (unpaired) electrons. The van der Waals surface area contributed by atoms with Crippen molar-refractivity contribution >= 4 is 33.9 Å². The number of nitrogens with zero attached hydrogens (tertiary/aromatic N) is 7. The van der Waals surface area contributed by atoms with Gasteiger partial charge in [0.25, 0.3) is 5.69 Å². The predicted octanol–water partition coefficient (Wildman–Crippen LogP) is 5.66. The number of fused-ring (bicyclic) bond motifs is 1. The first-order valence-electron chi connectivity index (χ1n) is 13.0. The lowest BCUT2D eigenvalue weighted by atomic mass is 10.0. The highest BCUT2D eigenvalue weighted by atomic mass is 16.6. The van der Waals surface area contributed by atoms with E-state index in [1.54, 1.807) is 6.07 Å². The van der Waals surface area contributed by atoms with Gasteiger partial charge in [0.15, 0.2) is 5.82 Å². The van der Waals surface area contributed by atoms with E-state index >= 15 is 0 Å². The molecule has 0 aliphatic rings. The van der Waals surface area contributed by atoms with Crippen molar-refractivity contribution in [1.82, 2.24) is 24.4 Å². The molecule has 40 heavy (non-hydrogen) atoms. The summed E-state index contributed by atoms with van der Waals surface area (Å²) in [5, 5.41) is 16.2. The summed E-state index contributed by atoms with van der Waals surface area (Å²) in [6.45, 7) is 3.35. The molecule has 0 fully saturated rings. The topological polar surface area (TPSA) is 105 Å². The van der Waals surface area contributed by atoms with Crippen LogP contribution in [0.3, 0.4) is 0 Å². The summed E-state index contributed by atoms with van der Waals surface area (Å²) in [5.74, 6) is 0.823. The number of nitro benzene ring substituents is 1. The molecule has 0 saturated carbocycles. The molecule has 10 heteroatoms. The number of benzene rings is 3. The van der Waals surface area contributed by atoms with Gasteiger partial charge < -0.3 is 19.7 Å². The van der Waals surface area contributed by atoms with Crippen molar-refractivity contribution in [3.05, 3.63) is 88.7 Å². The van der Waals surface area contributed by atoms with Gasteiger partial charge in [0.1, 0.15) is 12.0 Å². The molecule has 0 amide bonds. The Balaban J connectivity index is 1.55. The van der Waals surface area contributed by atoms with E-state index in [4.69, 9.17) is 4.98 Å². The van der Waals surface area contributed by atoms with Crippen LogP contribution in [0, 0.1) is 17.0 Å². The zero-order valence-corrected chi connectivity index (χ0v) is 23.3. The fourth-order valence-corrected chi connectivity index (χ4v) is 4.89. The van der Waals surface area contributed by atoms with E-state index in [2.05, 4.69) is 44.1 Å². The number of nitro groups is 1. The third-order valence-corrected chi connectivity index (χ3v) is 7.01. The summed E-state index contributed by atoms with van der Waals surface area (Å²) in [6, 6.07) is 21.7. The number of nitrogens with one attached hydrogen (secondary N) is 1. The number of hydrogen-bond acceptors (Lipinski definition) is 8. The van der Waals surface area contributed by atoms with E-state index in [9.17, 15) is 10.1 Å². The molecular formula is C30H32N8O2. The molecular weight excluding hydrogens is 504 g/mol. The summed E-state index contributed by atoms with van der Waals surface area (Å²) in [4.78, 5) is 29.3. The quantitative estimate of drug-likeness (QED) is 0.190. The second-order valence-corrected chi connectivity index (χ2v) is 10.1. The van der Waals surface area contributed by atoms with Gasteiger partial charge in [-0.25, -0.2) is 9.97 Å². The second-order valence-electron chi connectivity index (χ2n) is 10.1. The summed E-state index contributed by atoms with van der Waals surface area (Å²) < 4.78 is 2.15. The number of aryl methyl sites for hydroxylation is 2. The first kappa shape index (κ1) is 26.8. The Labute approximate surface area is 233 Å². The first-order valence-corrected chi connectivity index (χ1v) is 13.0. The summed E-state index contributed by atoms with van der Waals surface area (Å²) in [5.41, 5.74) is 5.99. The van der Waals surface area contributed by atoms with E-state index in [1.807, 2.05) is 81.3 Å². The van der Waals surface area contributed by atoms with Crippen molar-refractivity contribution in [3.63, 3.8) is 0 Å². The summed E-state index contributed by atoms with van der Waals surface area (Å²) in [6.07, 6.45) is 1.47. The van der Waals surface area contributed by atoms with Crippen molar-refractivity contribution in [2.75, 3.05) is 44.4 Å². The molecule has 0 aliphatic heterocycles. The second kappa shape index (κ2) is 11.1. The zero-order valence-electron chi connectivity index (χ0n) is 23.3. The SMILES string of the molecule is Cc1cc(N(C)CCN(C)C)c([N+](=O)[O-])cc1Nc1ncnc(-c2c(-c3ccccc3)n(C)c3ccccc23)n1. The van der Waals surface area contributed by atoms with Crippen LogP contribution in [0.2, 0.25) is 0 Å². The van der Waals surface area contributed by atoms with E-state index in [-0.39, 0.29) is 10.6 Å². The van der Waals surface area contributed by atoms with Crippen LogP contribution in [-0.4, -0.2) is 63.6 Å². The van der Waals surface area contributed by atoms with Gasteiger partial charge in [0.2, 0.25) is 5.95 Å². The number of anilines is 3. The van der Waals surface area contributed by atoms with E-state index in [0.717, 1.165) is 39.8 Å². The molecule has 10 nitrogen and oxygen atoms in total. The average Bonchev–Trinajstić information content (AvgIpc) is 3.25. The maximum absolute atomic E-state index is 12.0. The third kappa shape index (κ3) is 5.21. The van der Waals surface area contributed by atoms with Crippen LogP contribution in [0.4, 0.5) is 23.0 Å². The van der Waals surface area contributed by atoms with Gasteiger partial charge in [-0.15, -0.1) is 0 Å². The van der Waals surface area contributed by atoms with Gasteiger partial charge >= 0.3 is 0 Å². The first-order chi connectivity index (χ1) is 19.2. The van der Waals surface area contributed by atoms with Crippen molar-refractivity contribution in [2.45, 2.75) is 6.92 Å². The Morgan fingerprint density at radius 3 is 2.42 bits per heavy atom. The molecule has 1 N–H and O–H groups in total. The van der Waals surface area contributed by atoms with Crippen molar-refractivity contribution < 1.29 is 4.92 Å². The molecule has 5 aromatic rings. The van der Waals surface area contributed by atoms with E-state index in [1.165, 1.54) is 6.33 Å². The van der Waals surface area contributed by atoms with E-state index in [0.29, 0.717) is 29.7 Å². The number of likely N-dealkylation sites (N-methyl/N-ethyl adjacent to an activating group) is 2. The minimum atomic E-state index is -0.354. The van der Waals surface area contributed by atoms with Crippen molar-refractivity contribution in [1.29, 1.82) is 0 Å². The lowest BCUT2D eigenvalue weighted by molar-refractivity contribution is -0.384. The standard InChI is InChI=1S/C30H32N8O2/c1-20-17-25(36(4)16-15-35(2)3)26(38(39)40)18-23(20)33-30-32-19-31-29(34-30)27-22-13-9-10-14-24(22)37(5)28(27)21-11-7-6-8-12-21/h6-14,17-19H,15-16H2,1-5H3,(H,31,32,33,34). The lowest BCUT2D eigenvalue weighted by Gasteiger charge is -2.22. The van der Waals surface area contributed by atoms with Gasteiger partial charge in [-0.05, 0) is 44.3 Å². The van der Waals surface area contributed by atoms with Crippen LogP contribution in [0.15, 0.2) is 73.1 Å². The van der Waals surface area contributed by atoms with Crippen LogP contribution in [0.1, 0.15) is 5.56 Å². The molecule has 2 heterocycles. The van der Waals surface area contributed by atoms with Crippen LogP contribution in [-0.2, 0) is 7.05 Å². The minimum absolute atomic E-state index is 0.0176. The molecule has 0 saturated heterocycles. The highest BCUT2D eigenvalue weighted by molar-refractivity contribution is 6.03. The Bertz CT molecular complexity index is 1680. The Hall–Kier alpha value is -4.83. The summed E-state index contributed by atoms with van der Waals surface area (Å²) in [7, 11) is 7.86. The van der Waals surface area contributed by atoms with Gasteiger partial charge in [0, 0.05) is 44.2 Å². The van der Waals surface area contributed by atoms with Gasteiger partial charge in [-0.2, -0.15) is 4.98 Å². The Kier molecular flexibility index (Phi) is 7.43. The molecule has 204 valence electrons. The fourth-order valence-electron chi connectivity index (χ4n) is 4.89. The van der Waals surface area contributed by atoms with Crippen molar-refractivity contribution in [3.8, 4) is 22.6 Å². The Morgan fingerprint density at radius 1 is 0.975 bits per heavy atom. The molecule has 0 unspecified atom stereocenters. The molecule has 0 atom stereocenters. The van der Waals surface area contributed by atoms with E-state index < -0.39 is 0 Å². The monoisotopic (exact) mass is 536 g/mol. The molecule has 3 aromatic carbocycles. The largest absolute Gasteiger partial charge is 0.368 e. The van der Waals surface area contributed by atoms with Gasteiger partial charge in [0.05, 0.1) is 21.9 Å². The molecule has 2 aromatic heterocycles. The van der Waals surface area contributed by atoms with Crippen LogP contribution in [0.25, 0.3) is 33.5 Å².